The number of nitrogens with zero attached hydrogens (tertiary/aromatic N) is 5. The summed E-state index contributed by atoms with van der Waals surface area (Å²) in [4.78, 5) is 25.5. The number of carbonyl (C=O) groups excluding carboxylic acids is 1. The van der Waals surface area contributed by atoms with Crippen molar-refractivity contribution < 1.29 is 4.79 Å². The van der Waals surface area contributed by atoms with Crippen molar-refractivity contribution in [3.8, 4) is 6.07 Å². The second kappa shape index (κ2) is 8.40. The molecule has 1 saturated heterocycles. The normalized spacial score (nSPS) is 13.6. The second-order valence-corrected chi connectivity index (χ2v) is 6.71. The molecule has 0 aliphatic carbocycles. The van der Waals surface area contributed by atoms with Gasteiger partial charge in [-0.25, -0.2) is 9.97 Å². The first-order valence-electron chi connectivity index (χ1n) is 9.41. The van der Waals surface area contributed by atoms with Crippen LogP contribution < -0.4 is 10.2 Å². The van der Waals surface area contributed by atoms with Gasteiger partial charge in [-0.05, 0) is 48.5 Å². The van der Waals surface area contributed by atoms with Crippen LogP contribution in [0.25, 0.3) is 0 Å². The van der Waals surface area contributed by atoms with Crippen molar-refractivity contribution in [3.05, 3.63) is 78.2 Å². The Balaban J connectivity index is 1.35. The van der Waals surface area contributed by atoms with Crippen LogP contribution in [0.3, 0.4) is 0 Å². The molecule has 0 saturated carbocycles. The first-order valence-corrected chi connectivity index (χ1v) is 9.41. The van der Waals surface area contributed by atoms with Gasteiger partial charge in [0, 0.05) is 38.1 Å². The van der Waals surface area contributed by atoms with Gasteiger partial charge in [0.05, 0.1) is 23.5 Å². The lowest BCUT2D eigenvalue weighted by Crippen LogP contribution is -2.49. The predicted molar refractivity (Wildman–Crippen MR) is 111 cm³/mol. The average Bonchev–Trinajstić information content (AvgIpc) is 2.80. The van der Waals surface area contributed by atoms with E-state index < -0.39 is 0 Å². The standard InChI is InChI=1S/C22H20N6O/c23-15-17-4-6-18(7-5-17)26-19-8-9-20(25-16-19)22(29)28-13-11-27(12-14-28)21-3-1-2-10-24-21/h1-10,16,26H,11-14H2. The molecule has 0 unspecified atom stereocenters. The molecule has 1 aliphatic rings. The van der Waals surface area contributed by atoms with Gasteiger partial charge in [-0.2, -0.15) is 5.26 Å². The van der Waals surface area contributed by atoms with E-state index in [1.54, 1.807) is 30.6 Å². The molecule has 3 heterocycles. The fourth-order valence-electron chi connectivity index (χ4n) is 3.23. The fraction of sp³-hybridized carbons (Fsp3) is 0.182. The van der Waals surface area contributed by atoms with Crippen molar-refractivity contribution in [2.45, 2.75) is 0 Å². The van der Waals surface area contributed by atoms with Gasteiger partial charge in [0.1, 0.15) is 11.5 Å². The predicted octanol–water partition coefficient (Wildman–Crippen LogP) is 3.05. The van der Waals surface area contributed by atoms with E-state index in [1.807, 2.05) is 41.3 Å². The van der Waals surface area contributed by atoms with E-state index in [9.17, 15) is 4.79 Å². The first kappa shape index (κ1) is 18.4. The number of rotatable bonds is 4. The summed E-state index contributed by atoms with van der Waals surface area (Å²) in [6, 6.07) is 18.7. The molecule has 4 rings (SSSR count). The third-order valence-electron chi connectivity index (χ3n) is 4.83. The zero-order valence-corrected chi connectivity index (χ0v) is 15.8. The van der Waals surface area contributed by atoms with Crippen LogP contribution in [-0.2, 0) is 0 Å². The Morgan fingerprint density at radius 2 is 1.69 bits per heavy atom. The maximum atomic E-state index is 12.8. The van der Waals surface area contributed by atoms with Gasteiger partial charge < -0.3 is 15.1 Å². The first-order chi connectivity index (χ1) is 14.2. The highest BCUT2D eigenvalue weighted by Gasteiger charge is 2.23. The number of amides is 1. The number of nitriles is 1. The van der Waals surface area contributed by atoms with Gasteiger partial charge in [-0.1, -0.05) is 6.07 Å². The molecule has 3 aromatic rings. The summed E-state index contributed by atoms with van der Waals surface area (Å²) < 4.78 is 0. The summed E-state index contributed by atoms with van der Waals surface area (Å²) in [5.74, 6) is 0.881. The molecule has 1 aromatic carbocycles. The van der Waals surface area contributed by atoms with Crippen LogP contribution in [0.5, 0.6) is 0 Å². The van der Waals surface area contributed by atoms with Crippen LogP contribution in [0.1, 0.15) is 16.1 Å². The quantitative estimate of drug-likeness (QED) is 0.744. The van der Waals surface area contributed by atoms with E-state index in [1.165, 1.54) is 0 Å². The Morgan fingerprint density at radius 3 is 2.31 bits per heavy atom. The lowest BCUT2D eigenvalue weighted by atomic mass is 10.2. The van der Waals surface area contributed by atoms with Crippen LogP contribution in [-0.4, -0.2) is 47.0 Å². The summed E-state index contributed by atoms with van der Waals surface area (Å²) in [7, 11) is 0. The van der Waals surface area contributed by atoms with Crippen LogP contribution in [0.4, 0.5) is 17.2 Å². The molecule has 1 fully saturated rings. The lowest BCUT2D eigenvalue weighted by molar-refractivity contribution is 0.0740. The zero-order valence-electron chi connectivity index (χ0n) is 15.8. The largest absolute Gasteiger partial charge is 0.354 e. The monoisotopic (exact) mass is 384 g/mol. The van der Waals surface area contributed by atoms with E-state index in [4.69, 9.17) is 5.26 Å². The maximum absolute atomic E-state index is 12.8. The summed E-state index contributed by atoms with van der Waals surface area (Å²) in [5, 5.41) is 12.1. The van der Waals surface area contributed by atoms with Gasteiger partial charge in [-0.15, -0.1) is 0 Å². The minimum Gasteiger partial charge on any atom is -0.354 e. The van der Waals surface area contributed by atoms with E-state index >= 15 is 0 Å². The summed E-state index contributed by atoms with van der Waals surface area (Å²) in [6.07, 6.45) is 3.43. The third-order valence-corrected chi connectivity index (χ3v) is 4.83. The minimum absolute atomic E-state index is 0.0596. The number of hydrogen-bond acceptors (Lipinski definition) is 6. The SMILES string of the molecule is N#Cc1ccc(Nc2ccc(C(=O)N3CCN(c4ccccn4)CC3)nc2)cc1. The molecule has 7 nitrogen and oxygen atoms in total. The number of hydrogen-bond donors (Lipinski definition) is 1. The molecule has 0 spiro atoms. The molecule has 2 aromatic heterocycles. The molecule has 0 bridgehead atoms. The summed E-state index contributed by atoms with van der Waals surface area (Å²) in [6.45, 7) is 2.78. The molecule has 1 aliphatic heterocycles. The van der Waals surface area contributed by atoms with E-state index in [0.29, 0.717) is 24.3 Å². The van der Waals surface area contributed by atoms with Crippen molar-refractivity contribution in [2.75, 3.05) is 36.4 Å². The number of benzene rings is 1. The van der Waals surface area contributed by atoms with Gasteiger partial charge in [0.15, 0.2) is 0 Å². The van der Waals surface area contributed by atoms with Crippen molar-refractivity contribution in [3.63, 3.8) is 0 Å². The van der Waals surface area contributed by atoms with Crippen LogP contribution in [0, 0.1) is 11.3 Å². The zero-order chi connectivity index (χ0) is 20.1. The Bertz CT molecular complexity index is 1000. The molecule has 29 heavy (non-hydrogen) atoms. The van der Waals surface area contributed by atoms with E-state index in [0.717, 1.165) is 30.3 Å². The number of piperazine rings is 1. The van der Waals surface area contributed by atoms with Crippen molar-refractivity contribution in [2.24, 2.45) is 0 Å². The molecule has 7 heteroatoms. The smallest absolute Gasteiger partial charge is 0.272 e. The Hall–Kier alpha value is -3.92. The number of anilines is 3. The van der Waals surface area contributed by atoms with E-state index in [-0.39, 0.29) is 5.91 Å². The summed E-state index contributed by atoms with van der Waals surface area (Å²) >= 11 is 0. The van der Waals surface area contributed by atoms with Crippen molar-refractivity contribution in [1.29, 1.82) is 5.26 Å². The van der Waals surface area contributed by atoms with E-state index in [2.05, 4.69) is 26.3 Å². The fourth-order valence-corrected chi connectivity index (χ4v) is 3.23. The number of nitrogens with one attached hydrogen (secondary N) is 1. The van der Waals surface area contributed by atoms with Crippen LogP contribution in [0.2, 0.25) is 0 Å². The highest BCUT2D eigenvalue weighted by molar-refractivity contribution is 5.92. The van der Waals surface area contributed by atoms with Gasteiger partial charge in [0.2, 0.25) is 0 Å². The molecule has 0 radical (unpaired) electrons. The van der Waals surface area contributed by atoms with Gasteiger partial charge in [0.25, 0.3) is 5.91 Å². The van der Waals surface area contributed by atoms with Crippen molar-refractivity contribution in [1.82, 2.24) is 14.9 Å². The van der Waals surface area contributed by atoms with Gasteiger partial charge in [-0.3, -0.25) is 4.79 Å². The molecule has 1 N–H and O–H groups in total. The van der Waals surface area contributed by atoms with Gasteiger partial charge >= 0.3 is 0 Å². The third kappa shape index (κ3) is 4.33. The lowest BCUT2D eigenvalue weighted by Gasteiger charge is -2.35. The number of aromatic nitrogens is 2. The molecule has 0 atom stereocenters. The highest BCUT2D eigenvalue weighted by Crippen LogP contribution is 2.18. The topological polar surface area (TPSA) is 85.2 Å². The average molecular weight is 384 g/mol. The molecular formula is C22H20N6O. The summed E-state index contributed by atoms with van der Waals surface area (Å²) in [5.41, 5.74) is 2.68. The maximum Gasteiger partial charge on any atom is 0.272 e. The number of pyridine rings is 2. The minimum atomic E-state index is -0.0596. The van der Waals surface area contributed by atoms with Crippen molar-refractivity contribution >= 4 is 23.1 Å². The Labute approximate surface area is 169 Å². The van der Waals surface area contributed by atoms with Crippen LogP contribution in [0.15, 0.2) is 67.0 Å². The van der Waals surface area contributed by atoms with Crippen LogP contribution >= 0.6 is 0 Å². The second-order valence-electron chi connectivity index (χ2n) is 6.71. The molecule has 144 valence electrons. The Morgan fingerprint density at radius 1 is 0.931 bits per heavy atom. The molecule has 1 amide bonds. The Kier molecular flexibility index (Phi) is 5.34. The highest BCUT2D eigenvalue weighted by atomic mass is 16.2. The number of carbonyl (C=O) groups is 1. The molecular weight excluding hydrogens is 364 g/mol.